The van der Waals surface area contributed by atoms with Gasteiger partial charge in [-0.15, -0.1) is 0 Å². The van der Waals surface area contributed by atoms with E-state index in [1.807, 2.05) is 0 Å². The Labute approximate surface area is 205 Å². The first-order chi connectivity index (χ1) is 16.1. The Morgan fingerprint density at radius 3 is 2.71 bits per heavy atom. The van der Waals surface area contributed by atoms with Gasteiger partial charge in [-0.25, -0.2) is 0 Å². The number of aromatic nitrogens is 2. The summed E-state index contributed by atoms with van der Waals surface area (Å²) in [5, 5.41) is 22.8. The Hall–Kier alpha value is -1.75. The van der Waals surface area contributed by atoms with E-state index in [0.29, 0.717) is 17.8 Å². The second-order valence-corrected chi connectivity index (χ2v) is 12.5. The van der Waals surface area contributed by atoms with Crippen molar-refractivity contribution < 1.29 is 9.90 Å². The van der Waals surface area contributed by atoms with Crippen molar-refractivity contribution in [2.24, 2.45) is 29.1 Å². The highest BCUT2D eigenvalue weighted by molar-refractivity contribution is 5.72. The third-order valence-electron chi connectivity index (χ3n) is 10.4. The van der Waals surface area contributed by atoms with Crippen LogP contribution < -0.4 is 5.32 Å². The fourth-order valence-electron chi connectivity index (χ4n) is 8.41. The summed E-state index contributed by atoms with van der Waals surface area (Å²) in [5.74, 6) is 2.55. The summed E-state index contributed by atoms with van der Waals surface area (Å²) in [6.07, 6.45) is 12.0. The average Bonchev–Trinajstić information content (AvgIpc) is 3.11. The zero-order chi connectivity index (χ0) is 24.3. The van der Waals surface area contributed by atoms with Crippen molar-refractivity contribution in [2.75, 3.05) is 6.54 Å². The molecule has 5 nitrogen and oxygen atoms in total. The third-order valence-corrected chi connectivity index (χ3v) is 10.4. The molecule has 5 rings (SSSR count). The lowest BCUT2D eigenvalue weighted by molar-refractivity contribution is -0.119. The number of carbonyl (C=O) groups excluding carboxylic acids is 1. The number of rotatable bonds is 5. The van der Waals surface area contributed by atoms with E-state index < -0.39 is 0 Å². The van der Waals surface area contributed by atoms with Gasteiger partial charge in [0, 0.05) is 13.5 Å². The number of allylic oxidation sites excluding steroid dienone is 1. The van der Waals surface area contributed by atoms with Gasteiger partial charge in [0.1, 0.15) is 0 Å². The zero-order valence-electron chi connectivity index (χ0n) is 21.8. The van der Waals surface area contributed by atoms with E-state index in [1.54, 1.807) is 12.5 Å². The number of aliphatic hydroxyl groups excluding tert-OH is 1. The molecule has 0 aromatic carbocycles. The van der Waals surface area contributed by atoms with Gasteiger partial charge in [0.25, 0.3) is 0 Å². The molecule has 7 atom stereocenters. The maximum absolute atomic E-state index is 11.2. The van der Waals surface area contributed by atoms with Gasteiger partial charge in [0.05, 0.1) is 17.5 Å². The molecule has 1 heterocycles. The molecule has 1 amide bonds. The van der Waals surface area contributed by atoms with Gasteiger partial charge in [0.15, 0.2) is 0 Å². The predicted octanol–water partition coefficient (Wildman–Crippen LogP) is 4.83. The zero-order valence-corrected chi connectivity index (χ0v) is 21.8. The van der Waals surface area contributed by atoms with E-state index in [1.165, 1.54) is 29.7 Å². The first-order valence-corrected chi connectivity index (χ1v) is 13.6. The van der Waals surface area contributed by atoms with Crippen LogP contribution in [0.25, 0.3) is 0 Å². The molecule has 0 aliphatic heterocycles. The molecule has 186 valence electrons. The van der Waals surface area contributed by atoms with Crippen LogP contribution in [0.5, 0.6) is 0 Å². The quantitative estimate of drug-likeness (QED) is 0.611. The van der Waals surface area contributed by atoms with Crippen LogP contribution in [0.3, 0.4) is 0 Å². The Balaban J connectivity index is 1.37. The van der Waals surface area contributed by atoms with Crippen LogP contribution in [0.2, 0.25) is 0 Å². The van der Waals surface area contributed by atoms with Crippen LogP contribution in [0.15, 0.2) is 11.6 Å². The van der Waals surface area contributed by atoms with Gasteiger partial charge in [-0.2, -0.15) is 10.2 Å². The summed E-state index contributed by atoms with van der Waals surface area (Å²) in [5.41, 5.74) is 7.29. The Bertz CT molecular complexity index is 1000. The second-order valence-electron chi connectivity index (χ2n) is 12.5. The normalized spacial score (nSPS) is 37.1. The number of carbonyl (C=O) groups is 1. The van der Waals surface area contributed by atoms with Gasteiger partial charge in [0.2, 0.25) is 5.91 Å². The van der Waals surface area contributed by atoms with Crippen molar-refractivity contribution in [1.29, 1.82) is 0 Å². The molecular formula is C29H43N3O2. The van der Waals surface area contributed by atoms with Gasteiger partial charge < -0.3 is 10.4 Å². The lowest BCUT2D eigenvalue weighted by atomic mass is 9.47. The largest absolute Gasteiger partial charge is 0.393 e. The minimum absolute atomic E-state index is 0.0397. The van der Waals surface area contributed by atoms with Gasteiger partial charge >= 0.3 is 0 Å². The number of aryl methyl sites for hydroxylation is 1. The van der Waals surface area contributed by atoms with Gasteiger partial charge in [-0.05, 0) is 110 Å². The van der Waals surface area contributed by atoms with Crippen LogP contribution in [0.4, 0.5) is 0 Å². The number of hydrogen-bond donors (Lipinski definition) is 2. The molecule has 34 heavy (non-hydrogen) atoms. The molecule has 0 spiro atoms. The fourth-order valence-corrected chi connectivity index (χ4v) is 8.41. The highest BCUT2D eigenvalue weighted by Gasteiger charge is 2.58. The number of amides is 1. The van der Waals surface area contributed by atoms with E-state index >= 15 is 0 Å². The molecule has 0 radical (unpaired) electrons. The molecular weight excluding hydrogens is 422 g/mol. The summed E-state index contributed by atoms with van der Waals surface area (Å²) in [7, 11) is 0. The summed E-state index contributed by atoms with van der Waals surface area (Å²) in [6, 6.07) is 0. The van der Waals surface area contributed by atoms with Crippen LogP contribution in [0, 0.1) is 36.0 Å². The van der Waals surface area contributed by atoms with Crippen molar-refractivity contribution in [1.82, 2.24) is 15.5 Å². The number of hydrogen-bond acceptors (Lipinski definition) is 4. The number of nitrogens with one attached hydrogen (secondary N) is 1. The maximum Gasteiger partial charge on any atom is 0.216 e. The molecule has 2 saturated carbocycles. The van der Waals surface area contributed by atoms with Crippen LogP contribution in [-0.4, -0.2) is 33.9 Å². The minimum atomic E-state index is -0.141. The van der Waals surface area contributed by atoms with Crippen molar-refractivity contribution in [3.63, 3.8) is 0 Å². The van der Waals surface area contributed by atoms with Crippen molar-refractivity contribution in [3.8, 4) is 0 Å². The molecule has 4 aliphatic rings. The lowest BCUT2D eigenvalue weighted by Gasteiger charge is -2.57. The monoisotopic (exact) mass is 465 g/mol. The second kappa shape index (κ2) is 8.72. The summed E-state index contributed by atoms with van der Waals surface area (Å²) in [6.45, 7) is 11.8. The van der Waals surface area contributed by atoms with Gasteiger partial charge in [-0.1, -0.05) is 32.4 Å². The molecule has 0 saturated heterocycles. The van der Waals surface area contributed by atoms with Crippen molar-refractivity contribution in [2.45, 2.75) is 104 Å². The number of aliphatic hydroxyl groups is 1. The van der Waals surface area contributed by atoms with Crippen LogP contribution >= 0.6 is 0 Å². The molecule has 4 aliphatic carbocycles. The highest BCUT2D eigenvalue weighted by atomic mass is 16.3. The van der Waals surface area contributed by atoms with Crippen LogP contribution in [0.1, 0.15) is 95.2 Å². The first kappa shape index (κ1) is 24.0. The Morgan fingerprint density at radius 1 is 1.18 bits per heavy atom. The fraction of sp³-hybridized carbons (Fsp3) is 0.759. The van der Waals surface area contributed by atoms with E-state index in [2.05, 4.69) is 39.1 Å². The molecule has 1 aromatic rings. The smallest absolute Gasteiger partial charge is 0.216 e. The number of nitrogens with zero attached hydrogens (tertiary/aromatic N) is 2. The predicted molar refractivity (Wildman–Crippen MR) is 134 cm³/mol. The third kappa shape index (κ3) is 3.83. The van der Waals surface area contributed by atoms with E-state index in [9.17, 15) is 9.90 Å². The van der Waals surface area contributed by atoms with Crippen LogP contribution in [-0.2, 0) is 23.1 Å². The molecule has 5 unspecified atom stereocenters. The Kier molecular flexibility index (Phi) is 6.15. The average molecular weight is 466 g/mol. The SMILES string of the molecule is CC(=O)NCC(C)CCc1nnc2c(c1C)[C@@]1(C)CCC3C(CC=C4CC(O)CC[C@@]43C)C1C2. The summed E-state index contributed by atoms with van der Waals surface area (Å²) >= 11 is 0. The lowest BCUT2D eigenvalue weighted by Crippen LogP contribution is -2.51. The number of fused-ring (bicyclic) bond motifs is 7. The highest BCUT2D eigenvalue weighted by Crippen LogP contribution is 2.64. The van der Waals surface area contributed by atoms with E-state index in [4.69, 9.17) is 10.2 Å². The van der Waals surface area contributed by atoms with E-state index in [-0.39, 0.29) is 22.8 Å². The molecule has 0 bridgehead atoms. The molecule has 1 aromatic heterocycles. The summed E-state index contributed by atoms with van der Waals surface area (Å²) < 4.78 is 0. The van der Waals surface area contributed by atoms with Crippen molar-refractivity contribution in [3.05, 3.63) is 34.2 Å². The standard InChI is InChI=1S/C29H43N3O2/c1-17(16-30-19(3)33)6-9-25-18(2)27-26(32-31-25)15-24-22-8-7-20-14-21(34)10-12-28(20,4)23(22)11-13-29(24,27)5/h7,17,21-24,34H,6,8-16H2,1-5H3,(H,30,33)/t17?,21?,22?,23?,24?,28-,29-/m0/s1. The topological polar surface area (TPSA) is 75.1 Å². The van der Waals surface area contributed by atoms with Crippen molar-refractivity contribution >= 4 is 5.91 Å². The minimum Gasteiger partial charge on any atom is -0.393 e. The summed E-state index contributed by atoms with van der Waals surface area (Å²) in [4.78, 5) is 11.2. The molecule has 2 N–H and O–H groups in total. The van der Waals surface area contributed by atoms with Gasteiger partial charge in [-0.3, -0.25) is 4.79 Å². The first-order valence-electron chi connectivity index (χ1n) is 13.6. The molecule has 5 heteroatoms. The Morgan fingerprint density at radius 2 is 1.94 bits per heavy atom. The maximum atomic E-state index is 11.2. The molecule has 2 fully saturated rings. The van der Waals surface area contributed by atoms with E-state index in [0.717, 1.165) is 63.1 Å².